The first-order chi connectivity index (χ1) is 6.48. The van der Waals surface area contributed by atoms with Crippen LogP contribution in [-0.2, 0) is 9.53 Å². The molecule has 78 valence electrons. The molecular weight excluding hydrogens is 176 g/mol. The average molecular weight is 194 g/mol. The Morgan fingerprint density at radius 2 is 2.07 bits per heavy atom. The van der Waals surface area contributed by atoms with Crippen LogP contribution in [0.4, 0.5) is 0 Å². The first-order valence-corrected chi connectivity index (χ1v) is 5.36. The van der Waals surface area contributed by atoms with Crippen molar-refractivity contribution in [2.24, 2.45) is 11.3 Å². The van der Waals surface area contributed by atoms with Crippen LogP contribution >= 0.6 is 0 Å². The minimum atomic E-state index is -0.0626. The van der Waals surface area contributed by atoms with Gasteiger partial charge in [-0.15, -0.1) is 0 Å². The third-order valence-corrected chi connectivity index (χ3v) is 3.51. The molecule has 0 aromatic rings. The number of hydrogen-bond acceptors (Lipinski definition) is 2. The fourth-order valence-corrected chi connectivity index (χ4v) is 2.39. The van der Waals surface area contributed by atoms with Crippen LogP contribution in [0.5, 0.6) is 0 Å². The van der Waals surface area contributed by atoms with E-state index in [1.807, 2.05) is 0 Å². The molecular formula is C12H18O2. The summed E-state index contributed by atoms with van der Waals surface area (Å²) in [5.74, 6) is 0.642. The molecule has 0 amide bonds. The number of carbonyl (C=O) groups is 1. The van der Waals surface area contributed by atoms with Gasteiger partial charge >= 0.3 is 5.97 Å². The molecule has 2 heteroatoms. The van der Waals surface area contributed by atoms with E-state index in [2.05, 4.69) is 20.8 Å². The van der Waals surface area contributed by atoms with E-state index in [9.17, 15) is 4.79 Å². The van der Waals surface area contributed by atoms with Crippen molar-refractivity contribution in [1.82, 2.24) is 0 Å². The van der Waals surface area contributed by atoms with Gasteiger partial charge in [-0.1, -0.05) is 20.8 Å². The van der Waals surface area contributed by atoms with E-state index in [0.29, 0.717) is 17.9 Å². The Hall–Kier alpha value is -0.790. The fourth-order valence-electron chi connectivity index (χ4n) is 2.39. The summed E-state index contributed by atoms with van der Waals surface area (Å²) >= 11 is 0. The summed E-state index contributed by atoms with van der Waals surface area (Å²) in [6, 6.07) is 0. The van der Waals surface area contributed by atoms with Gasteiger partial charge in [-0.05, 0) is 36.2 Å². The Labute approximate surface area is 85.3 Å². The maximum atomic E-state index is 11.3. The highest BCUT2D eigenvalue weighted by atomic mass is 16.5. The normalized spacial score (nSPS) is 27.6. The standard InChI is InChI=1S/C12H18O2/c1-12(2,3)9-4-5-10-8(6-9)7-14-11(10)13/h9H,4-7H2,1-3H3. The van der Waals surface area contributed by atoms with Gasteiger partial charge in [-0.25, -0.2) is 4.79 Å². The zero-order valence-electron chi connectivity index (χ0n) is 9.22. The average Bonchev–Trinajstić information content (AvgIpc) is 2.46. The van der Waals surface area contributed by atoms with E-state index in [-0.39, 0.29) is 5.97 Å². The Balaban J connectivity index is 2.15. The summed E-state index contributed by atoms with van der Waals surface area (Å²) in [4.78, 5) is 11.3. The Kier molecular flexibility index (Phi) is 2.17. The minimum Gasteiger partial charge on any atom is -0.458 e. The quantitative estimate of drug-likeness (QED) is 0.554. The third-order valence-electron chi connectivity index (χ3n) is 3.51. The van der Waals surface area contributed by atoms with Crippen molar-refractivity contribution >= 4 is 5.97 Å². The summed E-state index contributed by atoms with van der Waals surface area (Å²) in [5.41, 5.74) is 2.59. The largest absolute Gasteiger partial charge is 0.458 e. The van der Waals surface area contributed by atoms with Crippen molar-refractivity contribution in [3.63, 3.8) is 0 Å². The van der Waals surface area contributed by atoms with Gasteiger partial charge in [0.1, 0.15) is 6.61 Å². The molecule has 1 aliphatic heterocycles. The van der Waals surface area contributed by atoms with Gasteiger partial charge in [0.25, 0.3) is 0 Å². The minimum absolute atomic E-state index is 0.0626. The van der Waals surface area contributed by atoms with Crippen LogP contribution in [0.2, 0.25) is 0 Å². The lowest BCUT2D eigenvalue weighted by Gasteiger charge is -2.33. The van der Waals surface area contributed by atoms with Crippen molar-refractivity contribution in [2.75, 3.05) is 6.61 Å². The van der Waals surface area contributed by atoms with Gasteiger partial charge in [-0.2, -0.15) is 0 Å². The molecule has 0 fully saturated rings. The van der Waals surface area contributed by atoms with Crippen LogP contribution in [-0.4, -0.2) is 12.6 Å². The highest BCUT2D eigenvalue weighted by Crippen LogP contribution is 2.42. The van der Waals surface area contributed by atoms with Crippen LogP contribution in [0.25, 0.3) is 0 Å². The van der Waals surface area contributed by atoms with Gasteiger partial charge in [0, 0.05) is 5.57 Å². The lowest BCUT2D eigenvalue weighted by molar-refractivity contribution is -0.136. The fraction of sp³-hybridized carbons (Fsp3) is 0.750. The molecule has 0 saturated carbocycles. The molecule has 2 rings (SSSR count). The first kappa shape index (κ1) is 9.75. The topological polar surface area (TPSA) is 26.3 Å². The van der Waals surface area contributed by atoms with E-state index < -0.39 is 0 Å². The second-order valence-electron chi connectivity index (χ2n) is 5.46. The number of carbonyl (C=O) groups excluding carboxylic acids is 1. The highest BCUT2D eigenvalue weighted by Gasteiger charge is 2.35. The lowest BCUT2D eigenvalue weighted by atomic mass is 9.71. The molecule has 2 nitrogen and oxygen atoms in total. The summed E-state index contributed by atoms with van der Waals surface area (Å²) < 4.78 is 5.05. The van der Waals surface area contributed by atoms with Crippen LogP contribution in [0.3, 0.4) is 0 Å². The SMILES string of the molecule is CC(C)(C)C1CCC2=C(COC2=O)C1. The molecule has 0 N–H and O–H groups in total. The van der Waals surface area contributed by atoms with Crippen molar-refractivity contribution in [3.05, 3.63) is 11.1 Å². The van der Waals surface area contributed by atoms with E-state index in [1.165, 1.54) is 5.57 Å². The van der Waals surface area contributed by atoms with Crippen LogP contribution in [0, 0.1) is 11.3 Å². The van der Waals surface area contributed by atoms with Crippen LogP contribution in [0.15, 0.2) is 11.1 Å². The Morgan fingerprint density at radius 3 is 2.71 bits per heavy atom. The van der Waals surface area contributed by atoms with Gasteiger partial charge in [-0.3, -0.25) is 0 Å². The zero-order valence-corrected chi connectivity index (χ0v) is 9.22. The molecule has 0 aromatic carbocycles. The maximum absolute atomic E-state index is 11.3. The predicted octanol–water partition coefficient (Wildman–Crippen LogP) is 2.69. The highest BCUT2D eigenvalue weighted by molar-refractivity contribution is 5.91. The van der Waals surface area contributed by atoms with Crippen molar-refractivity contribution < 1.29 is 9.53 Å². The molecule has 0 saturated heterocycles. The zero-order chi connectivity index (χ0) is 10.3. The number of rotatable bonds is 0. The summed E-state index contributed by atoms with van der Waals surface area (Å²) in [6.07, 6.45) is 3.12. The van der Waals surface area contributed by atoms with Gasteiger partial charge < -0.3 is 4.74 Å². The predicted molar refractivity (Wildman–Crippen MR) is 54.8 cm³/mol. The molecule has 1 aliphatic carbocycles. The van der Waals surface area contributed by atoms with Crippen LogP contribution in [0.1, 0.15) is 40.0 Å². The number of esters is 1. The molecule has 0 bridgehead atoms. The molecule has 2 aliphatic rings. The Morgan fingerprint density at radius 1 is 1.36 bits per heavy atom. The van der Waals surface area contributed by atoms with Gasteiger partial charge in [0.2, 0.25) is 0 Å². The van der Waals surface area contributed by atoms with E-state index in [1.54, 1.807) is 0 Å². The van der Waals surface area contributed by atoms with E-state index in [4.69, 9.17) is 4.74 Å². The van der Waals surface area contributed by atoms with Gasteiger partial charge in [0.15, 0.2) is 0 Å². The van der Waals surface area contributed by atoms with Crippen molar-refractivity contribution in [2.45, 2.75) is 40.0 Å². The van der Waals surface area contributed by atoms with Crippen molar-refractivity contribution in [3.8, 4) is 0 Å². The monoisotopic (exact) mass is 194 g/mol. The van der Waals surface area contributed by atoms with E-state index in [0.717, 1.165) is 24.8 Å². The molecule has 0 aromatic heterocycles. The summed E-state index contributed by atoms with van der Waals surface area (Å²) in [7, 11) is 0. The molecule has 1 heterocycles. The van der Waals surface area contributed by atoms with Crippen LogP contribution < -0.4 is 0 Å². The maximum Gasteiger partial charge on any atom is 0.334 e. The molecule has 14 heavy (non-hydrogen) atoms. The molecule has 1 unspecified atom stereocenters. The lowest BCUT2D eigenvalue weighted by Crippen LogP contribution is -2.24. The number of hydrogen-bond donors (Lipinski definition) is 0. The smallest absolute Gasteiger partial charge is 0.334 e. The molecule has 1 atom stereocenters. The van der Waals surface area contributed by atoms with Gasteiger partial charge in [0.05, 0.1) is 0 Å². The first-order valence-electron chi connectivity index (χ1n) is 5.36. The van der Waals surface area contributed by atoms with E-state index >= 15 is 0 Å². The number of cyclic esters (lactones) is 1. The second-order valence-corrected chi connectivity index (χ2v) is 5.46. The third kappa shape index (κ3) is 1.58. The Bertz CT molecular complexity index is 294. The summed E-state index contributed by atoms with van der Waals surface area (Å²) in [5, 5.41) is 0. The molecule has 0 spiro atoms. The summed E-state index contributed by atoms with van der Waals surface area (Å²) in [6.45, 7) is 7.39. The molecule has 0 radical (unpaired) electrons. The van der Waals surface area contributed by atoms with Crippen molar-refractivity contribution in [1.29, 1.82) is 0 Å². The second kappa shape index (κ2) is 3.11. The number of ether oxygens (including phenoxy) is 1.